The highest BCUT2D eigenvalue weighted by Gasteiger charge is 2.33. The molecule has 0 aromatic heterocycles. The van der Waals surface area contributed by atoms with E-state index in [0.29, 0.717) is 22.4 Å². The number of primary amides is 1. The highest BCUT2D eigenvalue weighted by molar-refractivity contribution is 7.89. The van der Waals surface area contributed by atoms with Gasteiger partial charge in [-0.15, -0.1) is 0 Å². The van der Waals surface area contributed by atoms with E-state index >= 15 is 0 Å². The van der Waals surface area contributed by atoms with E-state index in [-0.39, 0.29) is 36.1 Å². The lowest BCUT2D eigenvalue weighted by Crippen LogP contribution is -2.48. The van der Waals surface area contributed by atoms with Crippen LogP contribution in [0, 0.1) is 0 Å². The number of sulfonamides is 1. The molecule has 3 aromatic carbocycles. The molecule has 2 N–H and O–H groups in total. The number of carbonyl (C=O) groups is 1. The predicted octanol–water partition coefficient (Wildman–Crippen LogP) is 4.64. The van der Waals surface area contributed by atoms with E-state index in [2.05, 4.69) is 0 Å². The number of carbonyl (C=O) groups excluding carboxylic acids is 1. The molecular weight excluding hydrogens is 503 g/mol. The van der Waals surface area contributed by atoms with Crippen molar-refractivity contribution in [1.82, 2.24) is 4.31 Å². The largest absolute Gasteiger partial charge is 0.416 e. The third kappa shape index (κ3) is 5.29. The molecule has 1 aliphatic rings. The van der Waals surface area contributed by atoms with Crippen LogP contribution in [0.5, 0.6) is 0 Å². The summed E-state index contributed by atoms with van der Waals surface area (Å²) in [6.07, 6.45) is -4.53. The molecule has 0 saturated carbocycles. The highest BCUT2D eigenvalue weighted by atomic mass is 35.5. The number of anilines is 1. The normalized spacial score (nSPS) is 15.3. The highest BCUT2D eigenvalue weighted by Crippen LogP contribution is 2.35. The minimum Gasteiger partial charge on any atom is -0.369 e. The maximum absolute atomic E-state index is 13.2. The third-order valence-corrected chi connectivity index (χ3v) is 7.94. The Morgan fingerprint density at radius 3 is 2.14 bits per heavy atom. The number of piperazine rings is 1. The van der Waals surface area contributed by atoms with Gasteiger partial charge in [0.2, 0.25) is 15.9 Å². The monoisotopic (exact) mass is 523 g/mol. The van der Waals surface area contributed by atoms with Crippen LogP contribution in [-0.4, -0.2) is 44.8 Å². The minimum absolute atomic E-state index is 0.0390. The van der Waals surface area contributed by atoms with E-state index < -0.39 is 27.7 Å². The molecular formula is C24H21ClF3N3O3S. The lowest BCUT2D eigenvalue weighted by molar-refractivity contribution is -0.137. The number of hydrogen-bond acceptors (Lipinski definition) is 4. The third-order valence-electron chi connectivity index (χ3n) is 5.81. The van der Waals surface area contributed by atoms with Crippen LogP contribution >= 0.6 is 11.6 Å². The molecule has 0 radical (unpaired) electrons. The summed E-state index contributed by atoms with van der Waals surface area (Å²) < 4.78 is 67.0. The molecule has 1 fully saturated rings. The smallest absolute Gasteiger partial charge is 0.369 e. The van der Waals surface area contributed by atoms with Gasteiger partial charge in [-0.1, -0.05) is 41.9 Å². The Bertz CT molecular complexity index is 1350. The molecule has 11 heteroatoms. The first-order valence-corrected chi connectivity index (χ1v) is 12.4. The van der Waals surface area contributed by atoms with Gasteiger partial charge in [-0.25, -0.2) is 8.42 Å². The Morgan fingerprint density at radius 1 is 0.914 bits per heavy atom. The average Bonchev–Trinajstić information content (AvgIpc) is 2.83. The summed E-state index contributed by atoms with van der Waals surface area (Å²) in [6.45, 7) is 0.618. The van der Waals surface area contributed by atoms with Crippen molar-refractivity contribution in [2.45, 2.75) is 11.1 Å². The number of benzene rings is 3. The molecule has 1 heterocycles. The van der Waals surface area contributed by atoms with Crippen LogP contribution in [0.25, 0.3) is 11.1 Å². The van der Waals surface area contributed by atoms with Crippen LogP contribution in [0.2, 0.25) is 5.02 Å². The first-order chi connectivity index (χ1) is 16.5. The molecule has 1 amide bonds. The summed E-state index contributed by atoms with van der Waals surface area (Å²) in [5, 5.41) is -0.0390. The average molecular weight is 524 g/mol. The molecule has 184 valence electrons. The zero-order valence-electron chi connectivity index (χ0n) is 18.3. The summed E-state index contributed by atoms with van der Waals surface area (Å²) in [5.74, 6) is -0.586. The van der Waals surface area contributed by atoms with Crippen molar-refractivity contribution < 1.29 is 26.4 Å². The Labute approximate surface area is 205 Å². The first-order valence-electron chi connectivity index (χ1n) is 10.6. The lowest BCUT2D eigenvalue weighted by atomic mass is 9.99. The number of rotatable bonds is 5. The molecule has 0 bridgehead atoms. The first kappa shape index (κ1) is 25.0. The molecule has 0 atom stereocenters. The van der Waals surface area contributed by atoms with E-state index in [9.17, 15) is 26.4 Å². The summed E-state index contributed by atoms with van der Waals surface area (Å²) in [6, 6.07) is 16.2. The molecule has 0 aliphatic carbocycles. The van der Waals surface area contributed by atoms with Gasteiger partial charge in [0.15, 0.2) is 0 Å². The topological polar surface area (TPSA) is 83.7 Å². The van der Waals surface area contributed by atoms with Crippen LogP contribution in [-0.2, 0) is 16.2 Å². The number of amides is 1. The van der Waals surface area contributed by atoms with Crippen molar-refractivity contribution in [3.8, 4) is 11.1 Å². The van der Waals surface area contributed by atoms with Crippen LogP contribution in [0.3, 0.4) is 0 Å². The number of nitrogens with zero attached hydrogens (tertiary/aromatic N) is 2. The molecule has 6 nitrogen and oxygen atoms in total. The molecule has 1 aliphatic heterocycles. The molecule has 35 heavy (non-hydrogen) atoms. The van der Waals surface area contributed by atoms with Crippen molar-refractivity contribution in [3.05, 3.63) is 82.9 Å². The summed E-state index contributed by atoms with van der Waals surface area (Å²) in [5.41, 5.74) is 6.43. The van der Waals surface area contributed by atoms with Gasteiger partial charge >= 0.3 is 6.18 Å². The van der Waals surface area contributed by atoms with Gasteiger partial charge in [-0.05, 0) is 47.5 Å². The quantitative estimate of drug-likeness (QED) is 0.528. The Kier molecular flexibility index (Phi) is 6.81. The van der Waals surface area contributed by atoms with Crippen molar-refractivity contribution in [2.75, 3.05) is 31.1 Å². The number of halogens is 4. The number of alkyl halides is 3. The molecule has 1 saturated heterocycles. The van der Waals surface area contributed by atoms with Gasteiger partial charge in [0.05, 0.1) is 10.5 Å². The maximum atomic E-state index is 13.2. The van der Waals surface area contributed by atoms with E-state index in [1.807, 2.05) is 0 Å². The molecule has 4 rings (SSSR count). The minimum atomic E-state index is -4.53. The second-order valence-electron chi connectivity index (χ2n) is 8.02. The van der Waals surface area contributed by atoms with Crippen LogP contribution < -0.4 is 10.6 Å². The SMILES string of the molecule is NC(=O)c1ccccc1-c1ccc(S(=O)(=O)N2CCN(c3cc(Cl)cc(C(F)(F)F)c3)CC2)cc1. The van der Waals surface area contributed by atoms with Crippen molar-refractivity contribution in [3.63, 3.8) is 0 Å². The fourth-order valence-corrected chi connectivity index (χ4v) is 5.66. The van der Waals surface area contributed by atoms with Gasteiger partial charge in [0.25, 0.3) is 0 Å². The second-order valence-corrected chi connectivity index (χ2v) is 10.4. The molecule has 0 spiro atoms. The second kappa shape index (κ2) is 9.52. The van der Waals surface area contributed by atoms with E-state index in [4.69, 9.17) is 17.3 Å². The Hall–Kier alpha value is -3.08. The Balaban J connectivity index is 1.50. The van der Waals surface area contributed by atoms with Gasteiger partial charge in [-0.2, -0.15) is 17.5 Å². The van der Waals surface area contributed by atoms with Gasteiger partial charge in [0.1, 0.15) is 0 Å². The van der Waals surface area contributed by atoms with E-state index in [1.165, 1.54) is 22.5 Å². The van der Waals surface area contributed by atoms with E-state index in [0.717, 1.165) is 12.1 Å². The van der Waals surface area contributed by atoms with Crippen molar-refractivity contribution >= 4 is 33.2 Å². The van der Waals surface area contributed by atoms with Crippen molar-refractivity contribution in [1.29, 1.82) is 0 Å². The number of nitrogens with two attached hydrogens (primary N) is 1. The fourth-order valence-electron chi connectivity index (χ4n) is 4.01. The van der Waals surface area contributed by atoms with Crippen LogP contribution in [0.15, 0.2) is 71.6 Å². The van der Waals surface area contributed by atoms with Gasteiger partial charge < -0.3 is 10.6 Å². The molecule has 3 aromatic rings. The van der Waals surface area contributed by atoms with Gasteiger partial charge in [-0.3, -0.25) is 4.79 Å². The standard InChI is InChI=1S/C24H21ClF3N3O3S/c25-18-13-17(24(26,27)28)14-19(15-18)30-9-11-31(12-10-30)35(33,34)20-7-5-16(6-8-20)21-3-1-2-4-22(21)23(29)32/h1-8,13-15H,9-12H2,(H2,29,32). The summed E-state index contributed by atoms with van der Waals surface area (Å²) >= 11 is 5.88. The number of hydrogen-bond donors (Lipinski definition) is 1. The van der Waals surface area contributed by atoms with Gasteiger partial charge in [0, 0.05) is 42.5 Å². The van der Waals surface area contributed by atoms with Crippen molar-refractivity contribution in [2.24, 2.45) is 5.73 Å². The summed E-state index contributed by atoms with van der Waals surface area (Å²) in [7, 11) is -3.82. The zero-order chi connectivity index (χ0) is 25.4. The van der Waals surface area contributed by atoms with E-state index in [1.54, 1.807) is 41.3 Å². The van der Waals surface area contributed by atoms with Crippen LogP contribution in [0.1, 0.15) is 15.9 Å². The summed E-state index contributed by atoms with van der Waals surface area (Å²) in [4.78, 5) is 13.5. The fraction of sp³-hybridized carbons (Fsp3) is 0.208. The maximum Gasteiger partial charge on any atom is 0.416 e. The zero-order valence-corrected chi connectivity index (χ0v) is 19.9. The lowest BCUT2D eigenvalue weighted by Gasteiger charge is -2.35. The predicted molar refractivity (Wildman–Crippen MR) is 128 cm³/mol. The molecule has 0 unspecified atom stereocenters. The van der Waals surface area contributed by atoms with Crippen LogP contribution in [0.4, 0.5) is 18.9 Å². The Morgan fingerprint density at radius 2 is 1.54 bits per heavy atom.